The van der Waals surface area contributed by atoms with E-state index in [1.165, 1.54) is 36.0 Å². The largest absolute Gasteiger partial charge is 0.454 e. The van der Waals surface area contributed by atoms with Crippen molar-refractivity contribution in [3.8, 4) is 11.5 Å². The van der Waals surface area contributed by atoms with Crippen LogP contribution in [-0.4, -0.2) is 12.7 Å². The van der Waals surface area contributed by atoms with Crippen LogP contribution in [0.2, 0.25) is 0 Å². The lowest BCUT2D eigenvalue weighted by Crippen LogP contribution is -2.19. The predicted molar refractivity (Wildman–Crippen MR) is 127 cm³/mol. The Kier molecular flexibility index (Phi) is 7.21. The predicted octanol–water partition coefficient (Wildman–Crippen LogP) is 6.89. The molecule has 0 unspecified atom stereocenters. The van der Waals surface area contributed by atoms with Crippen LogP contribution in [0.1, 0.15) is 53.9 Å². The lowest BCUT2D eigenvalue weighted by Gasteiger charge is -2.32. The van der Waals surface area contributed by atoms with E-state index >= 15 is 0 Å². The van der Waals surface area contributed by atoms with E-state index in [1.54, 1.807) is 24.3 Å². The van der Waals surface area contributed by atoms with E-state index in [-0.39, 0.29) is 18.1 Å². The molecule has 0 saturated carbocycles. The maximum Gasteiger partial charge on any atom is 0.248 e. The van der Waals surface area contributed by atoms with Gasteiger partial charge >= 0.3 is 0 Å². The quantitative estimate of drug-likeness (QED) is 0.404. The Morgan fingerprint density at radius 3 is 2.65 bits per heavy atom. The SMILES string of the molecule is CC1=C(/C=C/C(C)=C/C=C/C(C)=C/C(=O)Nc2ccc3c(c2)OCO3)C(C)(C)CCC1. The van der Waals surface area contributed by atoms with Gasteiger partial charge < -0.3 is 14.8 Å². The van der Waals surface area contributed by atoms with Crippen LogP contribution in [-0.2, 0) is 4.79 Å². The minimum atomic E-state index is -0.177. The maximum atomic E-state index is 12.3. The number of ether oxygens (including phenoxy) is 2. The second-order valence-corrected chi connectivity index (χ2v) is 8.98. The first-order chi connectivity index (χ1) is 14.7. The standard InChI is InChI=1S/C27H33NO3/c1-19(11-13-23-21(3)10-7-15-27(23,4)5)8-6-9-20(2)16-26(29)28-22-12-14-24-25(17-22)31-18-30-24/h6,8-9,11-14,16-17H,7,10,15,18H2,1-5H3,(H,28,29)/b9-6+,13-11+,19-8+,20-16+. The molecule has 0 saturated heterocycles. The van der Waals surface area contributed by atoms with Gasteiger partial charge in [-0.25, -0.2) is 0 Å². The molecular formula is C27H33NO3. The zero-order chi connectivity index (χ0) is 22.4. The number of carbonyl (C=O) groups is 1. The number of carbonyl (C=O) groups excluding carboxylic acids is 1. The van der Waals surface area contributed by atoms with Crippen molar-refractivity contribution < 1.29 is 14.3 Å². The summed E-state index contributed by atoms with van der Waals surface area (Å²) in [5, 5.41) is 2.85. The summed E-state index contributed by atoms with van der Waals surface area (Å²) in [6.07, 6.45) is 15.7. The Morgan fingerprint density at radius 1 is 1.10 bits per heavy atom. The lowest BCUT2D eigenvalue weighted by molar-refractivity contribution is -0.111. The van der Waals surface area contributed by atoms with Gasteiger partial charge in [0, 0.05) is 17.8 Å². The molecule has 4 heteroatoms. The Hall–Kier alpha value is -3.01. The number of benzene rings is 1. The van der Waals surface area contributed by atoms with Gasteiger partial charge in [0.1, 0.15) is 0 Å². The third-order valence-corrected chi connectivity index (χ3v) is 5.77. The molecule has 31 heavy (non-hydrogen) atoms. The van der Waals surface area contributed by atoms with Gasteiger partial charge in [0.15, 0.2) is 11.5 Å². The van der Waals surface area contributed by atoms with Crippen LogP contribution in [0.25, 0.3) is 0 Å². The number of amides is 1. The van der Waals surface area contributed by atoms with E-state index < -0.39 is 0 Å². The first-order valence-corrected chi connectivity index (χ1v) is 10.9. The molecule has 164 valence electrons. The Morgan fingerprint density at radius 2 is 1.87 bits per heavy atom. The topological polar surface area (TPSA) is 47.6 Å². The number of hydrogen-bond donors (Lipinski definition) is 1. The van der Waals surface area contributed by atoms with Crippen LogP contribution in [0, 0.1) is 5.41 Å². The van der Waals surface area contributed by atoms with Gasteiger partial charge in [0.2, 0.25) is 12.7 Å². The molecule has 1 aliphatic heterocycles. The number of fused-ring (bicyclic) bond motifs is 1. The van der Waals surface area contributed by atoms with Crippen LogP contribution in [0.3, 0.4) is 0 Å². The van der Waals surface area contributed by atoms with Gasteiger partial charge in [-0.05, 0) is 68.7 Å². The minimum absolute atomic E-state index is 0.177. The van der Waals surface area contributed by atoms with Crippen molar-refractivity contribution in [3.05, 3.63) is 76.9 Å². The highest BCUT2D eigenvalue weighted by molar-refractivity contribution is 6.00. The highest BCUT2D eigenvalue weighted by Gasteiger charge is 2.26. The monoisotopic (exact) mass is 419 g/mol. The molecule has 0 atom stereocenters. The van der Waals surface area contributed by atoms with Crippen molar-refractivity contribution in [2.24, 2.45) is 5.41 Å². The Bertz CT molecular complexity index is 990. The first-order valence-electron chi connectivity index (χ1n) is 10.9. The second-order valence-electron chi connectivity index (χ2n) is 8.98. The zero-order valence-electron chi connectivity index (χ0n) is 19.2. The average Bonchev–Trinajstić information content (AvgIpc) is 3.14. The van der Waals surface area contributed by atoms with Gasteiger partial charge in [0.25, 0.3) is 0 Å². The van der Waals surface area contributed by atoms with Crippen molar-refractivity contribution in [2.75, 3.05) is 12.1 Å². The third-order valence-electron chi connectivity index (χ3n) is 5.77. The van der Waals surface area contributed by atoms with Gasteiger partial charge in [-0.2, -0.15) is 0 Å². The van der Waals surface area contributed by atoms with Crippen LogP contribution < -0.4 is 14.8 Å². The van der Waals surface area contributed by atoms with Gasteiger partial charge in [0.05, 0.1) is 0 Å². The summed E-state index contributed by atoms with van der Waals surface area (Å²) in [4.78, 5) is 12.3. The lowest BCUT2D eigenvalue weighted by atomic mass is 9.72. The van der Waals surface area contributed by atoms with Crippen LogP contribution in [0.15, 0.2) is 76.9 Å². The Balaban J connectivity index is 1.57. The zero-order valence-corrected chi connectivity index (χ0v) is 19.2. The molecule has 0 fully saturated rings. The molecule has 4 nitrogen and oxygen atoms in total. The number of nitrogens with one attached hydrogen (secondary N) is 1. The molecule has 3 rings (SSSR count). The highest BCUT2D eigenvalue weighted by Crippen LogP contribution is 2.40. The fourth-order valence-electron chi connectivity index (χ4n) is 4.04. The number of hydrogen-bond acceptors (Lipinski definition) is 3. The summed E-state index contributed by atoms with van der Waals surface area (Å²) in [7, 11) is 0. The Labute approximate surface area is 186 Å². The maximum absolute atomic E-state index is 12.3. The van der Waals surface area contributed by atoms with Crippen LogP contribution in [0.4, 0.5) is 5.69 Å². The first kappa shape index (κ1) is 22.7. The molecule has 1 aromatic rings. The van der Waals surface area contributed by atoms with E-state index in [1.807, 2.05) is 19.1 Å². The van der Waals surface area contributed by atoms with Crippen molar-refractivity contribution in [3.63, 3.8) is 0 Å². The molecule has 0 aromatic heterocycles. The molecule has 0 spiro atoms. The summed E-state index contributed by atoms with van der Waals surface area (Å²) >= 11 is 0. The van der Waals surface area contributed by atoms with Crippen molar-refractivity contribution in [1.82, 2.24) is 0 Å². The summed E-state index contributed by atoms with van der Waals surface area (Å²) in [5.41, 5.74) is 5.95. The summed E-state index contributed by atoms with van der Waals surface area (Å²) in [6.45, 7) is 11.1. The third kappa shape index (κ3) is 6.24. The molecule has 2 aliphatic rings. The van der Waals surface area contributed by atoms with E-state index in [2.05, 4.69) is 51.2 Å². The average molecular weight is 420 g/mol. The number of anilines is 1. The number of rotatable bonds is 6. The smallest absolute Gasteiger partial charge is 0.248 e. The summed E-state index contributed by atoms with van der Waals surface area (Å²) in [6, 6.07) is 5.36. The van der Waals surface area contributed by atoms with E-state index in [0.717, 1.165) is 5.57 Å². The molecule has 0 bridgehead atoms. The molecular weight excluding hydrogens is 386 g/mol. The normalized spacial score (nSPS) is 18.9. The molecule has 1 aromatic carbocycles. The minimum Gasteiger partial charge on any atom is -0.454 e. The molecule has 1 aliphatic carbocycles. The van der Waals surface area contributed by atoms with Gasteiger partial charge in [-0.15, -0.1) is 0 Å². The molecule has 0 radical (unpaired) electrons. The van der Waals surface area contributed by atoms with Crippen LogP contribution >= 0.6 is 0 Å². The second kappa shape index (κ2) is 9.86. The van der Waals surface area contributed by atoms with E-state index in [9.17, 15) is 4.79 Å². The fraction of sp³-hybridized carbons (Fsp3) is 0.370. The van der Waals surface area contributed by atoms with Crippen molar-refractivity contribution in [2.45, 2.75) is 53.9 Å². The molecule has 1 heterocycles. The number of allylic oxidation sites excluding steroid dienone is 9. The van der Waals surface area contributed by atoms with Crippen LogP contribution in [0.5, 0.6) is 11.5 Å². The van der Waals surface area contributed by atoms with Crippen molar-refractivity contribution in [1.29, 1.82) is 0 Å². The molecule has 1 amide bonds. The van der Waals surface area contributed by atoms with Crippen molar-refractivity contribution >= 4 is 11.6 Å². The summed E-state index contributed by atoms with van der Waals surface area (Å²) < 4.78 is 10.6. The van der Waals surface area contributed by atoms with Gasteiger partial charge in [-0.3, -0.25) is 4.79 Å². The summed E-state index contributed by atoms with van der Waals surface area (Å²) in [5.74, 6) is 1.17. The van der Waals surface area contributed by atoms with E-state index in [4.69, 9.17) is 9.47 Å². The van der Waals surface area contributed by atoms with E-state index in [0.29, 0.717) is 17.2 Å². The fourth-order valence-corrected chi connectivity index (χ4v) is 4.04. The van der Waals surface area contributed by atoms with Gasteiger partial charge in [-0.1, -0.05) is 55.4 Å². The highest BCUT2D eigenvalue weighted by atomic mass is 16.7. The molecule has 1 N–H and O–H groups in total.